The number of ether oxygens (including phenoxy) is 1. The number of hydrogen-bond acceptors (Lipinski definition) is 2. The van der Waals surface area contributed by atoms with Gasteiger partial charge in [-0.15, -0.1) is 0 Å². The van der Waals surface area contributed by atoms with Gasteiger partial charge in [-0.3, -0.25) is 4.79 Å². The van der Waals surface area contributed by atoms with Crippen LogP contribution < -0.4 is 0 Å². The van der Waals surface area contributed by atoms with E-state index in [1.54, 1.807) is 0 Å². The summed E-state index contributed by atoms with van der Waals surface area (Å²) >= 11 is 0. The molecular formula is C6H11O2Y-. The zero-order chi connectivity index (χ0) is 6.41. The fourth-order valence-electron chi connectivity index (χ4n) is 0.364. The van der Waals surface area contributed by atoms with E-state index in [9.17, 15) is 4.79 Å². The summed E-state index contributed by atoms with van der Waals surface area (Å²) < 4.78 is 4.39. The Morgan fingerprint density at radius 1 is 1.67 bits per heavy atom. The summed E-state index contributed by atoms with van der Waals surface area (Å²) in [6.07, 6.45) is 3.26. The Balaban J connectivity index is 0. The van der Waals surface area contributed by atoms with E-state index >= 15 is 0 Å². The molecule has 0 aromatic rings. The van der Waals surface area contributed by atoms with Gasteiger partial charge in [-0.25, -0.2) is 0 Å². The van der Waals surface area contributed by atoms with Crippen LogP contribution in [0.25, 0.3) is 0 Å². The molecule has 9 heavy (non-hydrogen) atoms. The van der Waals surface area contributed by atoms with Crippen LogP contribution in [0.4, 0.5) is 0 Å². The van der Waals surface area contributed by atoms with Gasteiger partial charge in [0.05, 0.1) is 7.11 Å². The number of esters is 1. The van der Waals surface area contributed by atoms with Gasteiger partial charge >= 0.3 is 5.97 Å². The van der Waals surface area contributed by atoms with Gasteiger partial charge in [0, 0.05) is 39.1 Å². The molecule has 0 atom stereocenters. The Morgan fingerprint density at radius 3 is 2.56 bits per heavy atom. The van der Waals surface area contributed by atoms with Gasteiger partial charge in [-0.2, -0.15) is 13.3 Å². The van der Waals surface area contributed by atoms with Crippen LogP contribution in [-0.2, 0) is 42.2 Å². The standard InChI is InChI=1S/C6H11O2.Y/c1-3-4-5-6(7)8-2;/h3H,4-5H2,1-2H3;/q-1;. The van der Waals surface area contributed by atoms with E-state index in [1.807, 2.05) is 13.3 Å². The molecule has 2 nitrogen and oxygen atoms in total. The zero-order valence-corrected chi connectivity index (χ0v) is 8.72. The summed E-state index contributed by atoms with van der Waals surface area (Å²) in [7, 11) is 1.40. The molecule has 0 amide bonds. The molecule has 0 fully saturated rings. The van der Waals surface area contributed by atoms with Crippen LogP contribution in [0.15, 0.2) is 0 Å². The summed E-state index contributed by atoms with van der Waals surface area (Å²) in [5, 5.41) is 0. The first-order chi connectivity index (χ1) is 3.81. The van der Waals surface area contributed by atoms with Gasteiger partial charge in [0.1, 0.15) is 0 Å². The SMILES string of the molecule is C[CH-]CCC(=O)OC.[Y]. The van der Waals surface area contributed by atoms with Crippen molar-refractivity contribution in [2.24, 2.45) is 0 Å². The Morgan fingerprint density at radius 2 is 2.22 bits per heavy atom. The van der Waals surface area contributed by atoms with Crippen LogP contribution in [-0.4, -0.2) is 13.1 Å². The second kappa shape index (κ2) is 8.57. The van der Waals surface area contributed by atoms with Crippen molar-refractivity contribution in [3.05, 3.63) is 6.42 Å². The van der Waals surface area contributed by atoms with E-state index in [0.29, 0.717) is 6.42 Å². The van der Waals surface area contributed by atoms with Crippen LogP contribution in [0.5, 0.6) is 0 Å². The molecule has 1 radical (unpaired) electrons. The van der Waals surface area contributed by atoms with E-state index in [2.05, 4.69) is 4.74 Å². The first kappa shape index (κ1) is 12.3. The molecule has 0 aliphatic heterocycles. The second-order valence-electron chi connectivity index (χ2n) is 1.52. The first-order valence-corrected chi connectivity index (χ1v) is 2.66. The normalized spacial score (nSPS) is 7.78. The van der Waals surface area contributed by atoms with Gasteiger partial charge in [-0.05, 0) is 0 Å². The van der Waals surface area contributed by atoms with Crippen LogP contribution in [0.3, 0.4) is 0 Å². The monoisotopic (exact) mass is 204 g/mol. The van der Waals surface area contributed by atoms with Crippen LogP contribution in [0, 0.1) is 6.42 Å². The van der Waals surface area contributed by atoms with Crippen molar-refractivity contribution in [3.8, 4) is 0 Å². The number of carbonyl (C=O) groups excluding carboxylic acids is 1. The van der Waals surface area contributed by atoms with E-state index in [1.165, 1.54) is 7.11 Å². The maximum absolute atomic E-state index is 10.3. The Labute approximate surface area is 81.2 Å². The average Bonchev–Trinajstić information content (AvgIpc) is 1.83. The smallest absolute Gasteiger partial charge is 0.302 e. The minimum atomic E-state index is -0.136. The maximum Gasteiger partial charge on any atom is 0.302 e. The predicted octanol–water partition coefficient (Wildman–Crippen LogP) is 1.16. The molecule has 3 heteroatoms. The van der Waals surface area contributed by atoms with Gasteiger partial charge in [0.15, 0.2) is 0 Å². The van der Waals surface area contributed by atoms with Crippen molar-refractivity contribution in [3.63, 3.8) is 0 Å². The quantitative estimate of drug-likeness (QED) is 0.509. The number of hydrogen-bond donors (Lipinski definition) is 0. The van der Waals surface area contributed by atoms with Gasteiger partial charge in [0.25, 0.3) is 0 Å². The van der Waals surface area contributed by atoms with Crippen molar-refractivity contribution in [1.29, 1.82) is 0 Å². The van der Waals surface area contributed by atoms with Gasteiger partial charge in [-0.1, -0.05) is 0 Å². The molecule has 0 saturated heterocycles. The number of unbranched alkanes of at least 4 members (excludes halogenated alkanes) is 1. The molecule has 0 aromatic heterocycles. The molecule has 0 N–H and O–H groups in total. The van der Waals surface area contributed by atoms with Crippen molar-refractivity contribution >= 4 is 5.97 Å². The fourth-order valence-corrected chi connectivity index (χ4v) is 0.364. The molecule has 0 unspecified atom stereocenters. The molecule has 0 aromatic carbocycles. The van der Waals surface area contributed by atoms with Crippen molar-refractivity contribution in [2.45, 2.75) is 19.8 Å². The van der Waals surface area contributed by atoms with E-state index in [4.69, 9.17) is 0 Å². The molecule has 0 bridgehead atoms. The largest absolute Gasteiger partial charge is 0.469 e. The minimum Gasteiger partial charge on any atom is -0.469 e. The van der Waals surface area contributed by atoms with Crippen LogP contribution >= 0.6 is 0 Å². The topological polar surface area (TPSA) is 26.3 Å². The molecule has 0 aliphatic rings. The average molecular weight is 204 g/mol. The molecule has 0 rings (SSSR count). The molecule has 0 saturated carbocycles. The maximum atomic E-state index is 10.3. The number of rotatable bonds is 3. The zero-order valence-electron chi connectivity index (χ0n) is 5.89. The third-order valence-electron chi connectivity index (χ3n) is 0.865. The molecular weight excluding hydrogens is 193 g/mol. The Kier molecular flexibility index (Phi) is 11.7. The second-order valence-corrected chi connectivity index (χ2v) is 1.52. The predicted molar refractivity (Wildman–Crippen MR) is 31.2 cm³/mol. The summed E-state index contributed by atoms with van der Waals surface area (Å²) in [6, 6.07) is 0. The molecule has 0 aliphatic carbocycles. The molecule has 51 valence electrons. The summed E-state index contributed by atoms with van der Waals surface area (Å²) in [5.74, 6) is -0.136. The summed E-state index contributed by atoms with van der Waals surface area (Å²) in [5.41, 5.74) is 0. The van der Waals surface area contributed by atoms with E-state index in [-0.39, 0.29) is 38.7 Å². The fraction of sp³-hybridized carbons (Fsp3) is 0.667. The summed E-state index contributed by atoms with van der Waals surface area (Å²) in [6.45, 7) is 1.92. The van der Waals surface area contributed by atoms with Gasteiger partial charge in [0.2, 0.25) is 0 Å². The van der Waals surface area contributed by atoms with E-state index in [0.717, 1.165) is 6.42 Å². The Hall–Kier alpha value is 0.574. The van der Waals surface area contributed by atoms with Crippen molar-refractivity contribution < 1.29 is 42.2 Å². The summed E-state index contributed by atoms with van der Waals surface area (Å²) in [4.78, 5) is 10.3. The third-order valence-corrected chi connectivity index (χ3v) is 0.865. The van der Waals surface area contributed by atoms with Gasteiger partial charge < -0.3 is 11.2 Å². The van der Waals surface area contributed by atoms with E-state index < -0.39 is 0 Å². The van der Waals surface area contributed by atoms with Crippen LogP contribution in [0.1, 0.15) is 19.8 Å². The van der Waals surface area contributed by atoms with Crippen LogP contribution in [0.2, 0.25) is 0 Å². The molecule has 0 spiro atoms. The number of carbonyl (C=O) groups is 1. The minimum absolute atomic E-state index is 0. The number of methoxy groups -OCH3 is 1. The van der Waals surface area contributed by atoms with Crippen molar-refractivity contribution in [1.82, 2.24) is 0 Å². The first-order valence-electron chi connectivity index (χ1n) is 2.66. The van der Waals surface area contributed by atoms with Crippen molar-refractivity contribution in [2.75, 3.05) is 7.11 Å². The molecule has 0 heterocycles. The Bertz CT molecular complexity index is 73.5. The third kappa shape index (κ3) is 8.57.